The van der Waals surface area contributed by atoms with Gasteiger partial charge in [0.05, 0.1) is 13.2 Å². The van der Waals surface area contributed by atoms with Gasteiger partial charge in [-0.2, -0.15) is 0 Å². The van der Waals surface area contributed by atoms with Crippen molar-refractivity contribution in [3.05, 3.63) is 0 Å². The van der Waals surface area contributed by atoms with Crippen LogP contribution in [0.15, 0.2) is 0 Å². The number of hydrogen-bond donors (Lipinski definition) is 1. The van der Waals surface area contributed by atoms with E-state index in [0.717, 1.165) is 19.3 Å². The molecule has 1 saturated carbocycles. The Morgan fingerprint density at radius 3 is 2.75 bits per heavy atom. The first-order valence-corrected chi connectivity index (χ1v) is 4.56. The zero-order chi connectivity index (χ0) is 8.81. The molecule has 0 radical (unpaired) electrons. The summed E-state index contributed by atoms with van der Waals surface area (Å²) in [5, 5.41) is 8.38. The molecule has 1 aliphatic rings. The second kappa shape index (κ2) is 5.27. The summed E-state index contributed by atoms with van der Waals surface area (Å²) in [5.41, 5.74) is 0. The fourth-order valence-corrected chi connectivity index (χ4v) is 1.12. The maximum absolute atomic E-state index is 11.1. The summed E-state index contributed by atoms with van der Waals surface area (Å²) in [6.07, 6.45) is 3.64. The van der Waals surface area contributed by atoms with Crippen molar-refractivity contribution >= 4 is 5.78 Å². The number of hydrogen-bond acceptors (Lipinski definition) is 3. The fraction of sp³-hybridized carbons (Fsp3) is 0.889. The van der Waals surface area contributed by atoms with Crippen molar-refractivity contribution in [2.45, 2.75) is 25.7 Å². The van der Waals surface area contributed by atoms with Crippen molar-refractivity contribution < 1.29 is 14.6 Å². The van der Waals surface area contributed by atoms with Gasteiger partial charge in [0.15, 0.2) is 0 Å². The maximum Gasteiger partial charge on any atom is 0.136 e. The monoisotopic (exact) mass is 172 g/mol. The molecule has 0 spiro atoms. The molecule has 0 saturated heterocycles. The summed E-state index contributed by atoms with van der Waals surface area (Å²) in [4.78, 5) is 11.1. The van der Waals surface area contributed by atoms with Gasteiger partial charge < -0.3 is 9.84 Å². The first kappa shape index (κ1) is 9.68. The van der Waals surface area contributed by atoms with Crippen molar-refractivity contribution in [3.63, 3.8) is 0 Å². The van der Waals surface area contributed by atoms with Crippen LogP contribution in [0.5, 0.6) is 0 Å². The predicted octanol–water partition coefficient (Wildman–Crippen LogP) is 0.755. The van der Waals surface area contributed by atoms with E-state index >= 15 is 0 Å². The van der Waals surface area contributed by atoms with Crippen molar-refractivity contribution in [2.24, 2.45) is 5.92 Å². The van der Waals surface area contributed by atoms with Crippen LogP contribution in [0, 0.1) is 5.92 Å². The quantitative estimate of drug-likeness (QED) is 0.576. The lowest BCUT2D eigenvalue weighted by molar-refractivity contribution is -0.120. The van der Waals surface area contributed by atoms with Gasteiger partial charge in [-0.15, -0.1) is 0 Å². The van der Waals surface area contributed by atoms with Crippen molar-refractivity contribution in [2.75, 3.05) is 19.8 Å². The molecule has 0 amide bonds. The number of ether oxygens (including phenoxy) is 1. The first-order valence-electron chi connectivity index (χ1n) is 4.56. The van der Waals surface area contributed by atoms with Gasteiger partial charge in [0.1, 0.15) is 5.78 Å². The molecular formula is C9H16O3. The molecule has 70 valence electrons. The van der Waals surface area contributed by atoms with Gasteiger partial charge in [-0.1, -0.05) is 0 Å². The average molecular weight is 172 g/mol. The normalized spacial score (nSPS) is 16.4. The molecule has 0 aliphatic heterocycles. The third-order valence-corrected chi connectivity index (χ3v) is 1.98. The highest BCUT2D eigenvalue weighted by molar-refractivity contribution is 5.83. The average Bonchev–Trinajstić information content (AvgIpc) is 2.86. The van der Waals surface area contributed by atoms with E-state index in [-0.39, 0.29) is 6.61 Å². The topological polar surface area (TPSA) is 46.5 Å². The molecule has 3 heteroatoms. The molecule has 1 fully saturated rings. The second-order valence-corrected chi connectivity index (χ2v) is 3.18. The number of aliphatic hydroxyl groups is 1. The Labute approximate surface area is 72.7 Å². The highest BCUT2D eigenvalue weighted by Gasteiger charge is 2.28. The number of carbonyl (C=O) groups excluding carboxylic acids is 1. The van der Waals surface area contributed by atoms with Gasteiger partial charge in [-0.25, -0.2) is 0 Å². The third-order valence-electron chi connectivity index (χ3n) is 1.98. The van der Waals surface area contributed by atoms with E-state index in [4.69, 9.17) is 9.84 Å². The lowest BCUT2D eigenvalue weighted by Crippen LogP contribution is -2.05. The van der Waals surface area contributed by atoms with Gasteiger partial charge in [0, 0.05) is 18.9 Å². The first-order chi connectivity index (χ1) is 5.84. The number of aliphatic hydroxyl groups excluding tert-OH is 1. The summed E-state index contributed by atoms with van der Waals surface area (Å²) in [7, 11) is 0. The van der Waals surface area contributed by atoms with Crippen LogP contribution in [0.4, 0.5) is 0 Å². The molecule has 0 bridgehead atoms. The molecule has 3 nitrogen and oxygen atoms in total. The Morgan fingerprint density at radius 2 is 2.17 bits per heavy atom. The molecular weight excluding hydrogens is 156 g/mol. The van der Waals surface area contributed by atoms with Crippen molar-refractivity contribution in [3.8, 4) is 0 Å². The number of carbonyl (C=O) groups is 1. The Balaban J connectivity index is 1.84. The summed E-state index contributed by atoms with van der Waals surface area (Å²) in [6, 6.07) is 0. The molecule has 1 N–H and O–H groups in total. The highest BCUT2D eigenvalue weighted by Crippen LogP contribution is 2.31. The summed E-state index contributed by atoms with van der Waals surface area (Å²) in [5.74, 6) is 0.769. The summed E-state index contributed by atoms with van der Waals surface area (Å²) >= 11 is 0. The standard InChI is InChI=1S/C9H16O3/c10-5-7-12-6-1-2-9(11)8-3-4-8/h8,10H,1-7H2. The molecule has 0 aromatic carbocycles. The van der Waals surface area contributed by atoms with Crippen LogP contribution < -0.4 is 0 Å². The second-order valence-electron chi connectivity index (χ2n) is 3.18. The minimum atomic E-state index is 0.0660. The Bertz CT molecular complexity index is 141. The molecule has 0 aromatic heterocycles. The van der Waals surface area contributed by atoms with Crippen molar-refractivity contribution in [1.82, 2.24) is 0 Å². The van der Waals surface area contributed by atoms with Crippen LogP contribution in [0.3, 0.4) is 0 Å². The zero-order valence-electron chi connectivity index (χ0n) is 7.29. The molecule has 1 rings (SSSR count). The van der Waals surface area contributed by atoms with Crippen LogP contribution in [0.1, 0.15) is 25.7 Å². The van der Waals surface area contributed by atoms with Crippen LogP contribution >= 0.6 is 0 Å². The molecule has 12 heavy (non-hydrogen) atoms. The van der Waals surface area contributed by atoms with Crippen molar-refractivity contribution in [1.29, 1.82) is 0 Å². The van der Waals surface area contributed by atoms with E-state index in [9.17, 15) is 4.79 Å². The van der Waals surface area contributed by atoms with E-state index in [1.54, 1.807) is 0 Å². The van der Waals surface area contributed by atoms with E-state index in [0.29, 0.717) is 31.3 Å². The van der Waals surface area contributed by atoms with Gasteiger partial charge in [0.25, 0.3) is 0 Å². The Kier molecular flexibility index (Phi) is 4.25. The third kappa shape index (κ3) is 3.83. The van der Waals surface area contributed by atoms with E-state index in [2.05, 4.69) is 0 Å². The molecule has 0 heterocycles. The lowest BCUT2D eigenvalue weighted by Gasteiger charge is -2.00. The molecule has 0 atom stereocenters. The smallest absolute Gasteiger partial charge is 0.136 e. The van der Waals surface area contributed by atoms with Crippen LogP contribution in [0.2, 0.25) is 0 Å². The number of rotatable bonds is 7. The van der Waals surface area contributed by atoms with Crippen LogP contribution in [-0.2, 0) is 9.53 Å². The van der Waals surface area contributed by atoms with Gasteiger partial charge in [-0.05, 0) is 19.3 Å². The Hall–Kier alpha value is -0.410. The maximum atomic E-state index is 11.1. The lowest BCUT2D eigenvalue weighted by atomic mass is 10.1. The minimum absolute atomic E-state index is 0.0660. The van der Waals surface area contributed by atoms with E-state index in [1.807, 2.05) is 0 Å². The molecule has 0 unspecified atom stereocenters. The van der Waals surface area contributed by atoms with E-state index in [1.165, 1.54) is 0 Å². The Morgan fingerprint density at radius 1 is 1.42 bits per heavy atom. The van der Waals surface area contributed by atoms with Gasteiger partial charge in [0.2, 0.25) is 0 Å². The zero-order valence-corrected chi connectivity index (χ0v) is 7.29. The number of Topliss-reactive ketones (excluding diaryl/α,β-unsaturated/α-hetero) is 1. The van der Waals surface area contributed by atoms with Crippen LogP contribution in [0.25, 0.3) is 0 Å². The summed E-state index contributed by atoms with van der Waals surface area (Å²) < 4.78 is 5.03. The summed E-state index contributed by atoms with van der Waals surface area (Å²) in [6.45, 7) is 1.05. The van der Waals surface area contributed by atoms with E-state index < -0.39 is 0 Å². The SMILES string of the molecule is O=C(CCCOCCO)C1CC1. The van der Waals surface area contributed by atoms with Gasteiger partial charge in [-0.3, -0.25) is 4.79 Å². The highest BCUT2D eigenvalue weighted by atomic mass is 16.5. The predicted molar refractivity (Wildman–Crippen MR) is 44.9 cm³/mol. The fourth-order valence-electron chi connectivity index (χ4n) is 1.12. The number of ketones is 1. The molecule has 1 aliphatic carbocycles. The van der Waals surface area contributed by atoms with Crippen LogP contribution in [-0.4, -0.2) is 30.7 Å². The van der Waals surface area contributed by atoms with Gasteiger partial charge >= 0.3 is 0 Å². The minimum Gasteiger partial charge on any atom is -0.394 e. The largest absolute Gasteiger partial charge is 0.394 e. The molecule has 0 aromatic rings.